The van der Waals surface area contributed by atoms with Gasteiger partial charge in [0, 0.05) is 0 Å². The highest BCUT2D eigenvalue weighted by atomic mass is 19.1. The Balaban J connectivity index is 1.95. The molecule has 0 aromatic heterocycles. The lowest BCUT2D eigenvalue weighted by atomic mass is 10.1. The second-order valence-electron chi connectivity index (χ2n) is 4.69. The number of amides is 1. The van der Waals surface area contributed by atoms with Gasteiger partial charge in [-0.05, 0) is 42.3 Å². The zero-order valence-corrected chi connectivity index (χ0v) is 11.1. The molecule has 4 heteroatoms. The van der Waals surface area contributed by atoms with Crippen molar-refractivity contribution in [3.05, 3.63) is 65.5 Å². The smallest absolute Gasteiger partial charge is 0.224 e. The molecule has 2 aromatic rings. The number of nitrogens with one attached hydrogen (secondary N) is 1. The molecule has 0 saturated heterocycles. The first kappa shape index (κ1) is 14.1. The van der Waals surface area contributed by atoms with Gasteiger partial charge in [-0.25, -0.2) is 4.39 Å². The number of rotatable bonds is 4. The Morgan fingerprint density at radius 2 is 1.95 bits per heavy atom. The highest BCUT2D eigenvalue weighted by Crippen LogP contribution is 2.14. The molecule has 20 heavy (non-hydrogen) atoms. The molecule has 0 fully saturated rings. The fraction of sp³-hybridized carbons (Fsp3) is 0.188. The molecule has 0 spiro atoms. The summed E-state index contributed by atoms with van der Waals surface area (Å²) >= 11 is 0. The van der Waals surface area contributed by atoms with Crippen LogP contribution in [0.15, 0.2) is 48.5 Å². The summed E-state index contributed by atoms with van der Waals surface area (Å²) in [6.45, 7) is 1.84. The van der Waals surface area contributed by atoms with E-state index >= 15 is 0 Å². The van der Waals surface area contributed by atoms with Gasteiger partial charge in [0.05, 0.1) is 12.5 Å². The molecule has 2 aromatic carbocycles. The number of benzene rings is 2. The number of hydrogen-bond donors (Lipinski definition) is 2. The van der Waals surface area contributed by atoms with Crippen LogP contribution in [0, 0.1) is 5.82 Å². The summed E-state index contributed by atoms with van der Waals surface area (Å²) in [4.78, 5) is 11.9. The third-order valence-electron chi connectivity index (χ3n) is 3.02. The van der Waals surface area contributed by atoms with E-state index in [0.717, 1.165) is 11.1 Å². The highest BCUT2D eigenvalue weighted by molar-refractivity contribution is 5.79. The second kappa shape index (κ2) is 6.19. The number of phenols is 1. The summed E-state index contributed by atoms with van der Waals surface area (Å²) < 4.78 is 12.8. The van der Waals surface area contributed by atoms with E-state index in [1.165, 1.54) is 12.1 Å². The molecule has 0 aliphatic rings. The van der Waals surface area contributed by atoms with Gasteiger partial charge < -0.3 is 10.4 Å². The molecule has 0 saturated carbocycles. The molecule has 0 bridgehead atoms. The number of aromatic hydroxyl groups is 1. The molecule has 0 aliphatic carbocycles. The Hall–Kier alpha value is -2.36. The van der Waals surface area contributed by atoms with Crippen molar-refractivity contribution in [1.29, 1.82) is 0 Å². The molecular weight excluding hydrogens is 257 g/mol. The van der Waals surface area contributed by atoms with Crippen LogP contribution in [0.5, 0.6) is 5.75 Å². The standard InChI is InChI=1S/C16H16FNO2/c1-11(13-5-7-14(17)8-6-13)18-16(20)10-12-3-2-4-15(19)9-12/h2-9,11,19H,10H2,1H3,(H,18,20). The van der Waals surface area contributed by atoms with Crippen LogP contribution in [0.25, 0.3) is 0 Å². The van der Waals surface area contributed by atoms with Gasteiger partial charge in [-0.2, -0.15) is 0 Å². The SMILES string of the molecule is CC(NC(=O)Cc1cccc(O)c1)c1ccc(F)cc1. The predicted molar refractivity (Wildman–Crippen MR) is 74.8 cm³/mol. The topological polar surface area (TPSA) is 49.3 Å². The predicted octanol–water partition coefficient (Wildman–Crippen LogP) is 2.95. The van der Waals surface area contributed by atoms with Crippen molar-refractivity contribution in [3.63, 3.8) is 0 Å². The van der Waals surface area contributed by atoms with Crippen molar-refractivity contribution in [2.45, 2.75) is 19.4 Å². The first-order valence-electron chi connectivity index (χ1n) is 6.37. The van der Waals surface area contributed by atoms with Crippen LogP contribution in [-0.2, 0) is 11.2 Å². The molecule has 0 radical (unpaired) electrons. The quantitative estimate of drug-likeness (QED) is 0.899. The average molecular weight is 273 g/mol. The first-order chi connectivity index (χ1) is 9.54. The summed E-state index contributed by atoms with van der Waals surface area (Å²) in [5.41, 5.74) is 1.59. The lowest BCUT2D eigenvalue weighted by molar-refractivity contribution is -0.121. The summed E-state index contributed by atoms with van der Waals surface area (Å²) in [5, 5.41) is 12.2. The molecule has 104 valence electrons. The monoisotopic (exact) mass is 273 g/mol. The van der Waals surface area contributed by atoms with Crippen LogP contribution in [0.2, 0.25) is 0 Å². The van der Waals surface area contributed by atoms with Gasteiger partial charge in [-0.3, -0.25) is 4.79 Å². The summed E-state index contributed by atoms with van der Waals surface area (Å²) in [5.74, 6) is -0.304. The van der Waals surface area contributed by atoms with Crippen molar-refractivity contribution >= 4 is 5.91 Å². The minimum atomic E-state index is -0.299. The zero-order valence-electron chi connectivity index (χ0n) is 11.1. The molecule has 1 atom stereocenters. The average Bonchev–Trinajstić information content (AvgIpc) is 2.39. The van der Waals surface area contributed by atoms with Crippen molar-refractivity contribution in [1.82, 2.24) is 5.32 Å². The van der Waals surface area contributed by atoms with E-state index in [9.17, 15) is 14.3 Å². The van der Waals surface area contributed by atoms with Crippen molar-refractivity contribution < 1.29 is 14.3 Å². The van der Waals surface area contributed by atoms with Crippen molar-refractivity contribution in [2.75, 3.05) is 0 Å². The third-order valence-corrected chi connectivity index (χ3v) is 3.02. The van der Waals surface area contributed by atoms with Crippen LogP contribution >= 0.6 is 0 Å². The van der Waals surface area contributed by atoms with Gasteiger partial charge in [0.1, 0.15) is 11.6 Å². The highest BCUT2D eigenvalue weighted by Gasteiger charge is 2.10. The lowest BCUT2D eigenvalue weighted by Crippen LogP contribution is -2.28. The van der Waals surface area contributed by atoms with E-state index in [1.807, 2.05) is 6.92 Å². The minimum Gasteiger partial charge on any atom is -0.508 e. The Kier molecular flexibility index (Phi) is 4.35. The fourth-order valence-corrected chi connectivity index (χ4v) is 1.98. The second-order valence-corrected chi connectivity index (χ2v) is 4.69. The fourth-order valence-electron chi connectivity index (χ4n) is 1.98. The number of halogens is 1. The molecule has 0 aliphatic heterocycles. The molecule has 0 heterocycles. The maximum Gasteiger partial charge on any atom is 0.224 e. The molecule has 3 nitrogen and oxygen atoms in total. The van der Waals surface area contributed by atoms with E-state index in [1.54, 1.807) is 36.4 Å². The minimum absolute atomic E-state index is 0.141. The molecule has 1 amide bonds. The Morgan fingerprint density at radius 1 is 1.25 bits per heavy atom. The summed E-state index contributed by atoms with van der Waals surface area (Å²) in [6, 6.07) is 12.4. The molecule has 2 rings (SSSR count). The molecular formula is C16H16FNO2. The van der Waals surface area contributed by atoms with Crippen LogP contribution in [0.4, 0.5) is 4.39 Å². The van der Waals surface area contributed by atoms with Gasteiger partial charge in [0.2, 0.25) is 5.91 Å². The number of phenolic OH excluding ortho intramolecular Hbond substituents is 1. The Labute approximate surface area is 117 Å². The van der Waals surface area contributed by atoms with Gasteiger partial charge in [0.15, 0.2) is 0 Å². The van der Waals surface area contributed by atoms with Crippen LogP contribution in [0.3, 0.4) is 0 Å². The first-order valence-corrected chi connectivity index (χ1v) is 6.37. The number of hydrogen-bond acceptors (Lipinski definition) is 2. The van der Waals surface area contributed by atoms with Crippen LogP contribution in [0.1, 0.15) is 24.1 Å². The van der Waals surface area contributed by atoms with Crippen molar-refractivity contribution in [3.8, 4) is 5.75 Å². The van der Waals surface area contributed by atoms with E-state index in [-0.39, 0.29) is 29.9 Å². The van der Waals surface area contributed by atoms with Gasteiger partial charge in [-0.1, -0.05) is 24.3 Å². The summed E-state index contributed by atoms with van der Waals surface area (Å²) in [6.07, 6.45) is 0.194. The third kappa shape index (κ3) is 3.82. The largest absolute Gasteiger partial charge is 0.508 e. The van der Waals surface area contributed by atoms with E-state index in [0.29, 0.717) is 0 Å². The maximum absolute atomic E-state index is 12.8. The zero-order chi connectivity index (χ0) is 14.5. The van der Waals surface area contributed by atoms with Gasteiger partial charge in [-0.15, -0.1) is 0 Å². The van der Waals surface area contributed by atoms with Crippen molar-refractivity contribution in [2.24, 2.45) is 0 Å². The molecule has 2 N–H and O–H groups in total. The van der Waals surface area contributed by atoms with E-state index < -0.39 is 0 Å². The lowest BCUT2D eigenvalue weighted by Gasteiger charge is -2.14. The molecule has 1 unspecified atom stereocenters. The Bertz CT molecular complexity index is 596. The van der Waals surface area contributed by atoms with Gasteiger partial charge in [0.25, 0.3) is 0 Å². The van der Waals surface area contributed by atoms with Crippen LogP contribution < -0.4 is 5.32 Å². The van der Waals surface area contributed by atoms with Crippen LogP contribution in [-0.4, -0.2) is 11.0 Å². The van der Waals surface area contributed by atoms with E-state index in [2.05, 4.69) is 5.32 Å². The Morgan fingerprint density at radius 3 is 2.60 bits per heavy atom. The summed E-state index contributed by atoms with van der Waals surface area (Å²) in [7, 11) is 0. The number of carbonyl (C=O) groups is 1. The number of carbonyl (C=O) groups excluding carboxylic acids is 1. The normalized spacial score (nSPS) is 11.9. The van der Waals surface area contributed by atoms with E-state index in [4.69, 9.17) is 0 Å². The maximum atomic E-state index is 12.8. The van der Waals surface area contributed by atoms with Gasteiger partial charge >= 0.3 is 0 Å².